The lowest BCUT2D eigenvalue weighted by Crippen LogP contribution is -2.40. The zero-order valence-corrected chi connectivity index (χ0v) is 22.4. The Morgan fingerprint density at radius 1 is 0.839 bits per heavy atom. The van der Waals surface area contributed by atoms with Crippen LogP contribution < -0.4 is 10.6 Å². The number of hydrogen-bond donors (Lipinski definition) is 0. The van der Waals surface area contributed by atoms with E-state index in [-0.39, 0.29) is 16.6 Å². The molecule has 0 aromatic heterocycles. The first-order valence-electron chi connectivity index (χ1n) is 11.1. The van der Waals surface area contributed by atoms with Crippen molar-refractivity contribution in [2.24, 2.45) is 5.41 Å². The van der Waals surface area contributed by atoms with Gasteiger partial charge in [0.05, 0.1) is 8.15 Å². The summed E-state index contributed by atoms with van der Waals surface area (Å²) >= 11 is 0. The van der Waals surface area contributed by atoms with E-state index < -0.39 is 16.5 Å². The summed E-state index contributed by atoms with van der Waals surface area (Å²) in [5, 5.41) is 2.64. The van der Waals surface area contributed by atoms with Gasteiger partial charge in [-0.3, -0.25) is 0 Å². The maximum absolute atomic E-state index is 6.75. The van der Waals surface area contributed by atoms with Crippen molar-refractivity contribution in [2.45, 2.75) is 72.2 Å². The molecule has 4 heteroatoms. The van der Waals surface area contributed by atoms with Gasteiger partial charge in [-0.2, -0.15) is 0 Å². The molecule has 0 amide bonds. The Morgan fingerprint density at radius 2 is 1.32 bits per heavy atom. The maximum Gasteiger partial charge on any atom is 0.192 e. The minimum absolute atomic E-state index is 0.0859. The summed E-state index contributed by atoms with van der Waals surface area (Å²) in [6, 6.07) is 21.0. The molecule has 0 spiro atoms. The second kappa shape index (κ2) is 10.9. The van der Waals surface area contributed by atoms with Crippen molar-refractivity contribution < 1.29 is 8.95 Å². The third-order valence-corrected chi connectivity index (χ3v) is 12.2. The molecule has 168 valence electrons. The molecule has 31 heavy (non-hydrogen) atoms. The van der Waals surface area contributed by atoms with Crippen molar-refractivity contribution >= 4 is 27.1 Å². The Bertz CT molecular complexity index is 816. The van der Waals surface area contributed by atoms with Crippen molar-refractivity contribution in [3.63, 3.8) is 0 Å². The van der Waals surface area contributed by atoms with Crippen LogP contribution in [0.2, 0.25) is 18.1 Å². The maximum atomic E-state index is 6.75. The lowest BCUT2D eigenvalue weighted by Gasteiger charge is -2.36. The second-order valence-corrected chi connectivity index (χ2v) is 17.1. The van der Waals surface area contributed by atoms with Gasteiger partial charge in [-0.1, -0.05) is 114 Å². The summed E-state index contributed by atoms with van der Waals surface area (Å²) in [7, 11) is -2.67. The molecule has 0 bridgehead atoms. The van der Waals surface area contributed by atoms with E-state index >= 15 is 0 Å². The van der Waals surface area contributed by atoms with E-state index in [1.54, 1.807) is 0 Å². The van der Waals surface area contributed by atoms with Crippen molar-refractivity contribution in [1.82, 2.24) is 0 Å². The van der Waals surface area contributed by atoms with Gasteiger partial charge < -0.3 is 8.95 Å². The van der Waals surface area contributed by atoms with Crippen LogP contribution in [0.25, 0.3) is 0 Å². The molecule has 0 saturated heterocycles. The molecule has 2 aromatic carbocycles. The lowest BCUT2D eigenvalue weighted by atomic mass is 9.89. The molecule has 0 saturated carbocycles. The van der Waals surface area contributed by atoms with Crippen LogP contribution in [0.4, 0.5) is 0 Å². The Balaban J connectivity index is 2.16. The molecular formula is C27H39O2PSi. The van der Waals surface area contributed by atoms with Crippen LogP contribution in [0, 0.1) is 17.3 Å². The van der Waals surface area contributed by atoms with Crippen LogP contribution in [-0.2, 0) is 8.95 Å². The van der Waals surface area contributed by atoms with E-state index in [1.807, 2.05) is 12.1 Å². The summed E-state index contributed by atoms with van der Waals surface area (Å²) in [5.74, 6) is 6.79. The van der Waals surface area contributed by atoms with Gasteiger partial charge in [-0.05, 0) is 23.5 Å². The van der Waals surface area contributed by atoms with Crippen LogP contribution in [-0.4, -0.2) is 21.0 Å². The molecule has 0 radical (unpaired) electrons. The summed E-state index contributed by atoms with van der Waals surface area (Å²) in [6.07, 6.45) is 0.573. The summed E-state index contributed by atoms with van der Waals surface area (Å²) < 4.78 is 13.0. The normalized spacial score (nSPS) is 13.6. The molecule has 2 aromatic rings. The van der Waals surface area contributed by atoms with Crippen LogP contribution >= 0.6 is 8.15 Å². The van der Waals surface area contributed by atoms with E-state index in [0.29, 0.717) is 6.61 Å². The van der Waals surface area contributed by atoms with E-state index in [0.717, 1.165) is 6.42 Å². The topological polar surface area (TPSA) is 18.5 Å². The van der Waals surface area contributed by atoms with Crippen molar-refractivity contribution in [2.75, 3.05) is 6.61 Å². The third kappa shape index (κ3) is 7.89. The highest BCUT2D eigenvalue weighted by Gasteiger charge is 2.36. The Labute approximate surface area is 192 Å². The van der Waals surface area contributed by atoms with Crippen LogP contribution in [0.15, 0.2) is 60.7 Å². The van der Waals surface area contributed by atoms with Gasteiger partial charge in [0.2, 0.25) is 0 Å². The van der Waals surface area contributed by atoms with E-state index in [9.17, 15) is 0 Å². The first kappa shape index (κ1) is 25.8. The van der Waals surface area contributed by atoms with Crippen molar-refractivity contribution in [3.05, 3.63) is 60.7 Å². The Morgan fingerprint density at radius 3 is 1.74 bits per heavy atom. The molecule has 0 aliphatic carbocycles. The van der Waals surface area contributed by atoms with Gasteiger partial charge in [0, 0.05) is 23.6 Å². The minimum Gasteiger partial charge on any atom is -0.416 e. The van der Waals surface area contributed by atoms with Crippen LogP contribution in [0.3, 0.4) is 0 Å². The van der Waals surface area contributed by atoms with Crippen LogP contribution in [0.1, 0.15) is 48.0 Å². The molecule has 0 aliphatic heterocycles. The van der Waals surface area contributed by atoms with Gasteiger partial charge >= 0.3 is 0 Å². The fraction of sp³-hybridized carbons (Fsp3) is 0.481. The Kier molecular flexibility index (Phi) is 9.11. The molecule has 2 rings (SSSR count). The Hall–Kier alpha value is -1.43. The number of benzene rings is 2. The lowest BCUT2D eigenvalue weighted by molar-refractivity contribution is 0.156. The smallest absolute Gasteiger partial charge is 0.192 e. The highest BCUT2D eigenvalue weighted by molar-refractivity contribution is 7.68. The molecule has 0 N–H and O–H groups in total. The average Bonchev–Trinajstić information content (AvgIpc) is 2.69. The minimum atomic E-state index is -1.73. The zero-order chi connectivity index (χ0) is 23.1. The summed E-state index contributed by atoms with van der Waals surface area (Å²) in [4.78, 5) is 0. The van der Waals surface area contributed by atoms with E-state index in [1.165, 1.54) is 10.6 Å². The SMILES string of the molecule is CC(C)(C)C(C#CCCO[Si](C)(C)C(C)(C)C)OP(c1ccccc1)c1ccccc1. The average molecular weight is 455 g/mol. The highest BCUT2D eigenvalue weighted by Crippen LogP contribution is 2.40. The van der Waals surface area contributed by atoms with Gasteiger partial charge in [-0.15, -0.1) is 0 Å². The molecule has 0 aliphatic rings. The van der Waals surface area contributed by atoms with E-state index in [4.69, 9.17) is 8.95 Å². The standard InChI is InChI=1S/C27H39O2PSi/c1-26(2,3)25(21-15-16-22-28-31(7,8)27(4,5)6)29-30(23-17-11-9-12-18-23)24-19-13-10-14-20-24/h9-14,17-20,25H,16,22H2,1-8H3. The highest BCUT2D eigenvalue weighted by atomic mass is 31.1. The number of rotatable bonds is 7. The number of hydrogen-bond acceptors (Lipinski definition) is 2. The summed E-state index contributed by atoms with van der Waals surface area (Å²) in [6.45, 7) is 18.7. The first-order valence-corrected chi connectivity index (χ1v) is 15.3. The monoisotopic (exact) mass is 454 g/mol. The summed E-state index contributed by atoms with van der Waals surface area (Å²) in [5.41, 5.74) is -0.0859. The fourth-order valence-electron chi connectivity index (χ4n) is 2.64. The fourth-order valence-corrected chi connectivity index (χ4v) is 5.70. The van der Waals surface area contributed by atoms with Gasteiger partial charge in [-0.25, -0.2) is 0 Å². The van der Waals surface area contributed by atoms with E-state index in [2.05, 4.69) is 115 Å². The predicted octanol–water partition coefficient (Wildman–Crippen LogP) is 6.88. The molecule has 1 unspecified atom stereocenters. The molecule has 2 nitrogen and oxygen atoms in total. The predicted molar refractivity (Wildman–Crippen MR) is 139 cm³/mol. The van der Waals surface area contributed by atoms with Gasteiger partial charge in [0.1, 0.15) is 6.10 Å². The quantitative estimate of drug-likeness (QED) is 0.196. The largest absolute Gasteiger partial charge is 0.416 e. The van der Waals surface area contributed by atoms with Gasteiger partial charge in [0.25, 0.3) is 0 Å². The van der Waals surface area contributed by atoms with Crippen LogP contribution in [0.5, 0.6) is 0 Å². The third-order valence-electron chi connectivity index (χ3n) is 5.71. The molecule has 1 atom stereocenters. The van der Waals surface area contributed by atoms with Crippen molar-refractivity contribution in [1.29, 1.82) is 0 Å². The molecule has 0 heterocycles. The second-order valence-electron chi connectivity index (χ2n) is 10.5. The van der Waals surface area contributed by atoms with Gasteiger partial charge in [0.15, 0.2) is 8.32 Å². The first-order chi connectivity index (χ1) is 14.4. The molecule has 0 fully saturated rings. The van der Waals surface area contributed by atoms with Crippen molar-refractivity contribution in [3.8, 4) is 11.8 Å². The molecular weight excluding hydrogens is 415 g/mol. The zero-order valence-electron chi connectivity index (χ0n) is 20.5.